The van der Waals surface area contributed by atoms with Gasteiger partial charge in [0.15, 0.2) is 11.6 Å². The lowest BCUT2D eigenvalue weighted by Crippen LogP contribution is -2.15. The molecule has 0 unspecified atom stereocenters. The molecule has 0 saturated carbocycles. The molecule has 13 rings (SSSR count). The minimum atomic E-state index is -0.185. The molecular weight excluding hydrogens is 815 g/mol. The summed E-state index contributed by atoms with van der Waals surface area (Å²) in [5.41, 5.74) is 21.0. The van der Waals surface area contributed by atoms with E-state index in [2.05, 4.69) is 183 Å². The molecule has 0 fully saturated rings. The molecule has 0 N–H and O–H groups in total. The zero-order valence-electron chi connectivity index (χ0n) is 37.8. The van der Waals surface area contributed by atoms with Crippen LogP contribution in [-0.4, -0.2) is 24.5 Å². The normalized spacial score (nSPS) is 13.9. The highest BCUT2D eigenvalue weighted by molar-refractivity contribution is 6.12. The van der Waals surface area contributed by atoms with Crippen molar-refractivity contribution in [3.8, 4) is 84.5 Å². The van der Waals surface area contributed by atoms with E-state index < -0.39 is 0 Å². The molecule has 0 aliphatic heterocycles. The lowest BCUT2D eigenvalue weighted by Gasteiger charge is -2.22. The van der Waals surface area contributed by atoms with Crippen LogP contribution in [0.2, 0.25) is 0 Å². The van der Waals surface area contributed by atoms with E-state index in [1.165, 1.54) is 72.1 Å². The monoisotopic (exact) mass is 859 g/mol. The van der Waals surface area contributed by atoms with E-state index in [-0.39, 0.29) is 10.8 Å². The van der Waals surface area contributed by atoms with Crippen molar-refractivity contribution in [2.45, 2.75) is 38.5 Å². The minimum absolute atomic E-state index is 0.179. The average molecular weight is 860 g/mol. The fraction of sp³-hybridized carbons (Fsp3) is 0.0968. The molecule has 5 nitrogen and oxygen atoms in total. The number of hydrogen-bond acceptors (Lipinski definition) is 4. The largest absolute Gasteiger partial charge is 0.278 e. The van der Waals surface area contributed by atoms with Crippen LogP contribution in [0.25, 0.3) is 106 Å². The summed E-state index contributed by atoms with van der Waals surface area (Å²) in [5, 5.41) is 2.32. The second kappa shape index (κ2) is 14.6. The Balaban J connectivity index is 0.981. The maximum atomic E-state index is 5.28. The molecule has 0 amide bonds. The number of aromatic nitrogens is 5. The van der Waals surface area contributed by atoms with Gasteiger partial charge in [0.05, 0.1) is 16.7 Å². The van der Waals surface area contributed by atoms with E-state index in [4.69, 9.17) is 15.0 Å². The molecule has 2 aliphatic rings. The van der Waals surface area contributed by atoms with Crippen molar-refractivity contribution in [2.75, 3.05) is 0 Å². The predicted octanol–water partition coefficient (Wildman–Crippen LogP) is 15.3. The lowest BCUT2D eigenvalue weighted by molar-refractivity contribution is 0.660. The number of benzene rings is 8. The van der Waals surface area contributed by atoms with E-state index in [0.29, 0.717) is 17.6 Å². The molecule has 3 heterocycles. The average Bonchev–Trinajstić information content (AvgIpc) is 3.91. The smallest absolute Gasteiger partial charge is 0.238 e. The van der Waals surface area contributed by atoms with Gasteiger partial charge in [-0.15, -0.1) is 0 Å². The maximum Gasteiger partial charge on any atom is 0.238 e. The minimum Gasteiger partial charge on any atom is -0.278 e. The van der Waals surface area contributed by atoms with Crippen molar-refractivity contribution in [1.29, 1.82) is 0 Å². The van der Waals surface area contributed by atoms with Gasteiger partial charge in [-0.25, -0.2) is 4.98 Å². The first-order valence-corrected chi connectivity index (χ1v) is 23.1. The molecule has 318 valence electrons. The van der Waals surface area contributed by atoms with Gasteiger partial charge in [0, 0.05) is 44.5 Å². The first kappa shape index (κ1) is 39.1. The number of rotatable bonds is 6. The number of hydrogen-bond donors (Lipinski definition) is 0. The Labute approximate surface area is 390 Å². The lowest BCUT2D eigenvalue weighted by atomic mass is 9.81. The Bertz CT molecular complexity index is 3730. The molecule has 0 bridgehead atoms. The molecule has 0 radical (unpaired) electrons. The van der Waals surface area contributed by atoms with Gasteiger partial charge in [-0.1, -0.05) is 167 Å². The number of nitrogens with zero attached hydrogens (tertiary/aromatic N) is 5. The second-order valence-electron chi connectivity index (χ2n) is 19.1. The molecule has 0 saturated heterocycles. The zero-order valence-corrected chi connectivity index (χ0v) is 37.8. The van der Waals surface area contributed by atoms with Crippen molar-refractivity contribution in [1.82, 2.24) is 24.5 Å². The van der Waals surface area contributed by atoms with Crippen molar-refractivity contribution >= 4 is 21.8 Å². The highest BCUT2D eigenvalue weighted by atomic mass is 15.2. The van der Waals surface area contributed by atoms with Crippen LogP contribution in [-0.2, 0) is 10.8 Å². The summed E-state index contributed by atoms with van der Waals surface area (Å²) in [6, 6.07) is 69.9. The molecule has 0 spiro atoms. The van der Waals surface area contributed by atoms with Crippen LogP contribution >= 0.6 is 0 Å². The zero-order chi connectivity index (χ0) is 45.0. The summed E-state index contributed by atoms with van der Waals surface area (Å²) in [5.74, 6) is 1.86. The van der Waals surface area contributed by atoms with Crippen LogP contribution in [0.1, 0.15) is 49.9 Å². The highest BCUT2D eigenvalue weighted by Gasteiger charge is 2.38. The van der Waals surface area contributed by atoms with Gasteiger partial charge >= 0.3 is 0 Å². The number of fused-ring (bicyclic) bond motifs is 9. The van der Waals surface area contributed by atoms with Crippen LogP contribution in [0, 0.1) is 0 Å². The Morgan fingerprint density at radius 1 is 0.343 bits per heavy atom. The topological polar surface area (TPSA) is 56.5 Å². The standard InChI is InChI=1S/C62H45N5/c1-61(2)51-23-12-11-22-45(51)48-36-50-49-34-42(27-30-56(49)67(57(50)37-54(48)61)60-65-58(38-16-7-5-8-17-38)64-59(66-60)39-18-9-6-10-19-39)43-25-28-46-47-33-41(26-29-52(47)62(3,4)53(46)35-43)40-20-15-21-44(32-40)55-24-13-14-31-63-55/h5-37H,1-4H3. The summed E-state index contributed by atoms with van der Waals surface area (Å²) in [7, 11) is 0. The molecule has 2 aliphatic carbocycles. The van der Waals surface area contributed by atoms with Crippen LogP contribution in [0.15, 0.2) is 200 Å². The van der Waals surface area contributed by atoms with Gasteiger partial charge < -0.3 is 0 Å². The van der Waals surface area contributed by atoms with E-state index >= 15 is 0 Å². The summed E-state index contributed by atoms with van der Waals surface area (Å²) < 4.78 is 2.26. The molecule has 5 heteroatoms. The summed E-state index contributed by atoms with van der Waals surface area (Å²) in [4.78, 5) is 20.2. The summed E-state index contributed by atoms with van der Waals surface area (Å²) in [6.45, 7) is 9.41. The Morgan fingerprint density at radius 3 is 1.64 bits per heavy atom. The van der Waals surface area contributed by atoms with Crippen LogP contribution in [0.3, 0.4) is 0 Å². The molecule has 0 atom stereocenters. The van der Waals surface area contributed by atoms with E-state index in [1.54, 1.807) is 0 Å². The number of pyridine rings is 1. The van der Waals surface area contributed by atoms with Gasteiger partial charge in [0.25, 0.3) is 0 Å². The fourth-order valence-corrected chi connectivity index (χ4v) is 11.0. The van der Waals surface area contributed by atoms with Crippen molar-refractivity contribution in [3.63, 3.8) is 0 Å². The molecule has 67 heavy (non-hydrogen) atoms. The van der Waals surface area contributed by atoms with E-state index in [9.17, 15) is 0 Å². The third-order valence-corrected chi connectivity index (χ3v) is 14.5. The maximum absolute atomic E-state index is 5.28. The van der Waals surface area contributed by atoms with Crippen LogP contribution in [0.5, 0.6) is 0 Å². The quantitative estimate of drug-likeness (QED) is 0.167. The Kier molecular flexibility index (Phi) is 8.53. The SMILES string of the molecule is CC1(C)c2ccc(-c3cccc(-c4ccccn4)c3)cc2-c2ccc(-c3ccc4c(c3)c3cc5c(cc3n4-c3nc(-c4ccccc4)nc(-c4ccccc4)n3)C(C)(C)c3ccccc3-5)cc21. The van der Waals surface area contributed by atoms with Crippen LogP contribution < -0.4 is 0 Å². The highest BCUT2D eigenvalue weighted by Crippen LogP contribution is 2.53. The third-order valence-electron chi connectivity index (χ3n) is 14.5. The fourth-order valence-electron chi connectivity index (χ4n) is 11.0. The van der Waals surface area contributed by atoms with Crippen molar-refractivity contribution < 1.29 is 0 Å². The molecular formula is C62H45N5. The van der Waals surface area contributed by atoms with E-state index in [1.807, 2.05) is 54.7 Å². The molecule has 3 aromatic heterocycles. The van der Waals surface area contributed by atoms with Crippen LogP contribution in [0.4, 0.5) is 0 Å². The van der Waals surface area contributed by atoms with Crippen molar-refractivity contribution in [2.24, 2.45) is 0 Å². The van der Waals surface area contributed by atoms with Gasteiger partial charge in [-0.2, -0.15) is 9.97 Å². The molecule has 11 aromatic rings. The van der Waals surface area contributed by atoms with Gasteiger partial charge in [0.2, 0.25) is 5.95 Å². The Morgan fingerprint density at radius 2 is 0.896 bits per heavy atom. The predicted molar refractivity (Wildman–Crippen MR) is 274 cm³/mol. The summed E-state index contributed by atoms with van der Waals surface area (Å²) >= 11 is 0. The summed E-state index contributed by atoms with van der Waals surface area (Å²) in [6.07, 6.45) is 1.85. The van der Waals surface area contributed by atoms with Gasteiger partial charge in [-0.05, 0) is 121 Å². The second-order valence-corrected chi connectivity index (χ2v) is 19.1. The molecule has 8 aromatic carbocycles. The third kappa shape index (κ3) is 6.08. The van der Waals surface area contributed by atoms with E-state index in [0.717, 1.165) is 38.8 Å². The van der Waals surface area contributed by atoms with Gasteiger partial charge in [-0.3, -0.25) is 9.55 Å². The van der Waals surface area contributed by atoms with Crippen molar-refractivity contribution in [3.05, 3.63) is 223 Å². The first-order valence-electron chi connectivity index (χ1n) is 23.1. The Hall–Kier alpha value is -8.28. The first-order chi connectivity index (χ1) is 32.7. The van der Waals surface area contributed by atoms with Gasteiger partial charge in [0.1, 0.15) is 0 Å².